The molecular weight excluding hydrogens is 533 g/mol. The highest BCUT2D eigenvalue weighted by atomic mass is 31.4. The molecule has 0 bridgehead atoms. The van der Waals surface area contributed by atoms with E-state index in [4.69, 9.17) is 8.83 Å². The monoisotopic (exact) mass is 579 g/mol. The molecule has 0 saturated heterocycles. The zero-order valence-electron chi connectivity index (χ0n) is 25.2. The molecule has 0 aliphatic rings. The first-order chi connectivity index (χ1) is 16.7. The van der Waals surface area contributed by atoms with Crippen molar-refractivity contribution in [1.82, 2.24) is 0 Å². The molecule has 38 heavy (non-hydrogen) atoms. The Bertz CT molecular complexity index is 1180. The molecule has 0 aliphatic carbocycles. The van der Waals surface area contributed by atoms with E-state index in [0.29, 0.717) is 27.0 Å². The molecule has 2 aromatic rings. The lowest BCUT2D eigenvalue weighted by atomic mass is 9.74. The van der Waals surface area contributed by atoms with Crippen LogP contribution < -0.4 is 0 Å². The fraction of sp³-hybridized carbons (Fsp3) is 0.586. The Labute approximate surface area is 237 Å². The lowest BCUT2D eigenvalue weighted by molar-refractivity contribution is 0.158. The third-order valence-corrected chi connectivity index (χ3v) is 9.85. The van der Waals surface area contributed by atoms with Gasteiger partial charge in [-0.15, -0.1) is 0 Å². The van der Waals surface area contributed by atoms with E-state index < -0.39 is 20.2 Å². The number of phosphoric acid groups is 1. The van der Waals surface area contributed by atoms with Gasteiger partial charge in [0, 0.05) is 0 Å². The van der Waals surface area contributed by atoms with Crippen LogP contribution in [0.1, 0.15) is 123 Å². The maximum absolute atomic E-state index is 13.1. The number of hydrogen-bond acceptors (Lipinski definition) is 4. The summed E-state index contributed by atoms with van der Waals surface area (Å²) in [5, 5.41) is 0. The molecule has 2 rings (SSSR count). The van der Waals surface area contributed by atoms with Crippen LogP contribution >= 0.6 is 14.1 Å². The second-order valence-electron chi connectivity index (χ2n) is 14.3. The minimum Gasteiger partial charge on any atom is -0.340 e. The standard InChI is InChI=1S/C29H44O6P2.Al.H/c1-26(2,3)19-13-15-21(23(17-19)28(7,8)9)25(34-37(32,33)35-36(30)31)22-16-14-20(27(4,5)6)18-24(22)29(10,11)12;;/h13-18,25H,1-12H3,(H-,30,31,32,33);;/q;-1;/p+1. The summed E-state index contributed by atoms with van der Waals surface area (Å²) in [6.45, 7) is 25.4. The van der Waals surface area contributed by atoms with Crippen molar-refractivity contribution in [3.8, 4) is 0 Å². The Morgan fingerprint density at radius 2 is 1.00 bits per heavy atom. The molecule has 0 heterocycles. The van der Waals surface area contributed by atoms with Gasteiger partial charge in [-0.1, -0.05) is 119 Å². The van der Waals surface area contributed by atoms with E-state index in [2.05, 4.69) is 95.2 Å². The largest absolute Gasteiger partial charge is 0.479 e. The molecule has 6 nitrogen and oxygen atoms in total. The van der Waals surface area contributed by atoms with Crippen molar-refractivity contribution in [3.05, 3.63) is 69.8 Å². The van der Waals surface area contributed by atoms with Crippen molar-refractivity contribution in [2.24, 2.45) is 0 Å². The Kier molecular flexibility index (Phi) is 9.62. The van der Waals surface area contributed by atoms with E-state index in [9.17, 15) is 18.9 Å². The van der Waals surface area contributed by atoms with E-state index in [1.807, 2.05) is 24.3 Å². The second-order valence-corrected chi connectivity index (χ2v) is 19.8. The van der Waals surface area contributed by atoms with Crippen LogP contribution in [0.4, 0.5) is 0 Å². The highest BCUT2D eigenvalue weighted by molar-refractivity contribution is 7.82. The highest BCUT2D eigenvalue weighted by Gasteiger charge is 2.38. The predicted molar refractivity (Wildman–Crippen MR) is 158 cm³/mol. The zero-order chi connectivity index (χ0) is 29.7. The summed E-state index contributed by atoms with van der Waals surface area (Å²) in [6.07, 6.45) is -5.31. The Hall–Kier alpha value is -0.728. The van der Waals surface area contributed by atoms with Crippen LogP contribution in [0.3, 0.4) is 0 Å². The Morgan fingerprint density at radius 3 is 1.26 bits per heavy atom. The molecule has 9 heteroatoms. The topological polar surface area (TPSA) is 93.1 Å². The fourth-order valence-electron chi connectivity index (χ4n) is 4.40. The van der Waals surface area contributed by atoms with E-state index >= 15 is 0 Å². The van der Waals surface area contributed by atoms with Gasteiger partial charge in [-0.3, -0.25) is 9.09 Å². The maximum atomic E-state index is 13.1. The first kappa shape index (κ1) is 33.5. The van der Waals surface area contributed by atoms with Crippen LogP contribution in [0.2, 0.25) is 0 Å². The van der Waals surface area contributed by atoms with Crippen molar-refractivity contribution < 1.29 is 27.8 Å². The molecule has 2 N–H and O–H groups in total. The van der Waals surface area contributed by atoms with Crippen LogP contribution in [0.25, 0.3) is 0 Å². The Morgan fingerprint density at radius 1 is 0.658 bits per heavy atom. The van der Waals surface area contributed by atoms with E-state index in [-0.39, 0.29) is 21.7 Å². The minimum atomic E-state index is -4.94. The number of rotatable bonds is 6. The third-order valence-electron chi connectivity index (χ3n) is 6.49. The SMILES string of the molecule is CC(C)(C)c1ccc(C(OP(=O)(O)O[P](=O)(O)[AlH])c2ccc(C(C)(C)C)cc2C(C)(C)C)c(C(C)(C)C)c1. The lowest BCUT2D eigenvalue weighted by Crippen LogP contribution is -2.24. The number of phosphoric ester groups is 1. The predicted octanol–water partition coefficient (Wildman–Crippen LogP) is 8.10. The number of benzene rings is 2. The molecule has 2 atom stereocenters. The number of hydrogen-bond donors (Lipinski definition) is 2. The van der Waals surface area contributed by atoms with Gasteiger partial charge in [-0.25, -0.2) is 8.88 Å². The normalized spacial score (nSPS) is 16.8. The van der Waals surface area contributed by atoms with Crippen molar-refractivity contribution in [1.29, 1.82) is 0 Å². The van der Waals surface area contributed by atoms with Crippen molar-refractivity contribution in [2.45, 2.75) is 111 Å². The van der Waals surface area contributed by atoms with Crippen molar-refractivity contribution in [2.75, 3.05) is 0 Å². The lowest BCUT2D eigenvalue weighted by Gasteiger charge is -2.34. The summed E-state index contributed by atoms with van der Waals surface area (Å²) in [5.74, 6) is 0. The molecule has 211 valence electrons. The summed E-state index contributed by atoms with van der Waals surface area (Å²) >= 11 is 0.632. The average molecular weight is 580 g/mol. The van der Waals surface area contributed by atoms with E-state index in [1.165, 1.54) is 0 Å². The summed E-state index contributed by atoms with van der Waals surface area (Å²) in [5.41, 5.74) is 4.72. The van der Waals surface area contributed by atoms with E-state index in [0.717, 1.165) is 22.3 Å². The van der Waals surface area contributed by atoms with Crippen LogP contribution in [-0.2, 0) is 39.6 Å². The fourth-order valence-corrected chi connectivity index (χ4v) is 7.65. The van der Waals surface area contributed by atoms with Gasteiger partial charge < -0.3 is 9.79 Å². The third kappa shape index (κ3) is 8.89. The Balaban J connectivity index is 2.98. The second kappa shape index (κ2) is 10.9. The molecule has 0 saturated carbocycles. The highest BCUT2D eigenvalue weighted by Crippen LogP contribution is 2.61. The van der Waals surface area contributed by atoms with Crippen molar-refractivity contribution in [3.63, 3.8) is 0 Å². The summed E-state index contributed by atoms with van der Waals surface area (Å²) in [6, 6.07) is 12.2. The minimum absolute atomic E-state index is 0.109. The molecule has 0 amide bonds. The molecule has 0 spiro atoms. The maximum Gasteiger partial charge on any atom is 0.479 e. The first-order valence-electron chi connectivity index (χ1n) is 12.9. The van der Waals surface area contributed by atoms with Crippen LogP contribution in [0.5, 0.6) is 0 Å². The van der Waals surface area contributed by atoms with Gasteiger partial charge >= 0.3 is 23.7 Å². The van der Waals surface area contributed by atoms with Gasteiger partial charge in [-0.2, -0.15) is 0 Å². The molecule has 0 fully saturated rings. The molecular formula is C29H46AlO6P2. The molecule has 2 aromatic carbocycles. The molecule has 2 unspecified atom stereocenters. The zero-order valence-corrected chi connectivity index (χ0v) is 28.4. The van der Waals surface area contributed by atoms with Crippen LogP contribution in [-0.4, -0.2) is 25.6 Å². The molecule has 1 radical (unpaired) electrons. The van der Waals surface area contributed by atoms with Gasteiger partial charge in [0.2, 0.25) is 6.24 Å². The quantitative estimate of drug-likeness (QED) is 0.265. The van der Waals surface area contributed by atoms with Gasteiger partial charge in [0.05, 0.1) is 0 Å². The average Bonchev–Trinajstić information content (AvgIpc) is 2.67. The van der Waals surface area contributed by atoms with Gasteiger partial charge in [-0.05, 0) is 55.0 Å². The smallest absolute Gasteiger partial charge is 0.340 e. The van der Waals surface area contributed by atoms with Gasteiger partial charge in [0.1, 0.15) is 6.10 Å². The van der Waals surface area contributed by atoms with Crippen molar-refractivity contribution >= 4 is 29.9 Å². The molecule has 0 aliphatic heterocycles. The molecule has 0 aromatic heterocycles. The van der Waals surface area contributed by atoms with Gasteiger partial charge in [0.25, 0.3) is 0 Å². The van der Waals surface area contributed by atoms with Crippen LogP contribution in [0.15, 0.2) is 36.4 Å². The first-order valence-corrected chi connectivity index (χ1v) is 18.1. The summed E-state index contributed by atoms with van der Waals surface area (Å²) in [4.78, 5) is 20.4. The summed E-state index contributed by atoms with van der Waals surface area (Å²) < 4.78 is 35.7. The summed E-state index contributed by atoms with van der Waals surface area (Å²) in [7, 11) is -4.94. The van der Waals surface area contributed by atoms with E-state index in [1.54, 1.807) is 0 Å². The van der Waals surface area contributed by atoms with Gasteiger partial charge in [0.15, 0.2) is 0 Å². The van der Waals surface area contributed by atoms with Crippen LogP contribution in [0, 0.1) is 0 Å².